The Bertz CT molecular complexity index is 899. The first-order chi connectivity index (χ1) is 14.4. The number of aliphatic carboxylic acids is 1. The van der Waals surface area contributed by atoms with E-state index in [0.29, 0.717) is 0 Å². The number of amides is 2. The highest BCUT2D eigenvalue weighted by Gasteiger charge is 2.29. The summed E-state index contributed by atoms with van der Waals surface area (Å²) in [4.78, 5) is 39.2. The van der Waals surface area contributed by atoms with Gasteiger partial charge in [0.05, 0.1) is 5.92 Å². The number of hydroxylamine groups is 1. The minimum absolute atomic E-state index is 0.0522. The van der Waals surface area contributed by atoms with Crippen LogP contribution in [0.1, 0.15) is 30.9 Å². The second-order valence-electron chi connectivity index (χ2n) is 7.20. The number of hydrogen-bond donors (Lipinski definition) is 3. The van der Waals surface area contributed by atoms with Crippen LogP contribution < -0.4 is 10.8 Å². The van der Waals surface area contributed by atoms with Gasteiger partial charge in [-0.1, -0.05) is 55.5 Å². The summed E-state index contributed by atoms with van der Waals surface area (Å²) in [7, 11) is 0. The summed E-state index contributed by atoms with van der Waals surface area (Å²) >= 11 is 0. The number of carboxylic acid groups (broad SMARTS) is 1. The molecule has 2 atom stereocenters. The predicted octanol–water partition coefficient (Wildman–Crippen LogP) is 2.68. The maximum atomic E-state index is 12.3. The Morgan fingerprint density at radius 2 is 1.57 bits per heavy atom. The molecule has 30 heavy (non-hydrogen) atoms. The molecule has 1 aliphatic rings. The molecule has 0 saturated carbocycles. The first-order valence-corrected chi connectivity index (χ1v) is 9.63. The van der Waals surface area contributed by atoms with E-state index in [0.717, 1.165) is 22.3 Å². The highest BCUT2D eigenvalue weighted by Crippen LogP contribution is 2.44. The molecule has 0 saturated heterocycles. The fourth-order valence-corrected chi connectivity index (χ4v) is 3.44. The molecule has 2 aromatic rings. The van der Waals surface area contributed by atoms with Crippen LogP contribution in [0.5, 0.6) is 0 Å². The van der Waals surface area contributed by atoms with Gasteiger partial charge in [-0.25, -0.2) is 15.1 Å². The van der Waals surface area contributed by atoms with Crippen molar-refractivity contribution in [3.63, 3.8) is 0 Å². The Balaban J connectivity index is 1.55. The average molecular weight is 412 g/mol. The number of hydrogen-bond acceptors (Lipinski definition) is 5. The molecule has 0 spiro atoms. The maximum Gasteiger partial charge on any atom is 0.407 e. The second kappa shape index (κ2) is 9.41. The van der Waals surface area contributed by atoms with Crippen LogP contribution in [0.2, 0.25) is 0 Å². The number of rotatable bonds is 8. The first-order valence-electron chi connectivity index (χ1n) is 9.63. The predicted molar refractivity (Wildman–Crippen MR) is 109 cm³/mol. The minimum atomic E-state index is -1.20. The zero-order chi connectivity index (χ0) is 21.7. The van der Waals surface area contributed by atoms with Crippen molar-refractivity contribution in [2.45, 2.75) is 25.8 Å². The van der Waals surface area contributed by atoms with Gasteiger partial charge in [-0.15, -0.1) is 0 Å². The molecule has 0 heterocycles. The molecule has 158 valence electrons. The molecule has 1 aliphatic carbocycles. The van der Waals surface area contributed by atoms with Crippen molar-refractivity contribution in [1.82, 2.24) is 10.8 Å². The van der Waals surface area contributed by atoms with Crippen LogP contribution in [0, 0.1) is 5.92 Å². The Labute approximate surface area is 174 Å². The Kier molecular flexibility index (Phi) is 6.68. The monoisotopic (exact) mass is 412 g/mol. The zero-order valence-corrected chi connectivity index (χ0v) is 16.8. The second-order valence-corrected chi connectivity index (χ2v) is 7.20. The Morgan fingerprint density at radius 1 is 1.00 bits per heavy atom. The molecule has 3 rings (SSSR count). The van der Waals surface area contributed by atoms with Crippen LogP contribution in [0.15, 0.2) is 48.5 Å². The number of benzene rings is 2. The van der Waals surface area contributed by atoms with E-state index in [-0.39, 0.29) is 12.5 Å². The molecule has 2 unspecified atom stereocenters. The van der Waals surface area contributed by atoms with Crippen molar-refractivity contribution < 1.29 is 29.1 Å². The summed E-state index contributed by atoms with van der Waals surface area (Å²) in [6, 6.07) is 15.5. The highest BCUT2D eigenvalue weighted by molar-refractivity contribution is 5.80. The van der Waals surface area contributed by atoms with Crippen LogP contribution in [0.25, 0.3) is 11.1 Å². The van der Waals surface area contributed by atoms with Crippen molar-refractivity contribution in [2.75, 3.05) is 13.2 Å². The smallest absolute Gasteiger partial charge is 0.407 e. The number of nitrogens with one attached hydrogen (secondary N) is 2. The standard InChI is InChI=1S/C22H24N2O6/c1-13(21(27)24-30-12-20(25)26)14(2)23-22(28)29-11-19-17-9-5-3-7-15(17)16-8-4-6-10-18(16)19/h3-10,13-14,19H,11-12H2,1-2H3,(H,23,28)(H,24,27)(H,25,26). The van der Waals surface area contributed by atoms with Gasteiger partial charge in [0.1, 0.15) is 6.61 Å². The van der Waals surface area contributed by atoms with Crippen LogP contribution in [-0.2, 0) is 19.2 Å². The van der Waals surface area contributed by atoms with E-state index in [1.165, 1.54) is 0 Å². The molecule has 0 bridgehead atoms. The van der Waals surface area contributed by atoms with Gasteiger partial charge in [0, 0.05) is 12.0 Å². The fourth-order valence-electron chi connectivity index (χ4n) is 3.44. The summed E-state index contributed by atoms with van der Waals surface area (Å²) in [5.41, 5.74) is 6.56. The maximum absolute atomic E-state index is 12.3. The highest BCUT2D eigenvalue weighted by atomic mass is 16.7. The average Bonchev–Trinajstić information content (AvgIpc) is 3.05. The van der Waals surface area contributed by atoms with Gasteiger partial charge >= 0.3 is 12.1 Å². The lowest BCUT2D eigenvalue weighted by Gasteiger charge is -2.21. The van der Waals surface area contributed by atoms with Crippen molar-refractivity contribution in [2.24, 2.45) is 5.92 Å². The largest absolute Gasteiger partial charge is 0.479 e. The van der Waals surface area contributed by atoms with Gasteiger partial charge in [-0.3, -0.25) is 9.63 Å². The normalized spacial score (nSPS) is 14.2. The lowest BCUT2D eigenvalue weighted by atomic mass is 9.98. The fraction of sp³-hybridized carbons (Fsp3) is 0.318. The summed E-state index contributed by atoms with van der Waals surface area (Å²) in [6.45, 7) is 2.78. The Morgan fingerprint density at radius 3 is 2.13 bits per heavy atom. The van der Waals surface area contributed by atoms with Crippen molar-refractivity contribution in [1.29, 1.82) is 0 Å². The number of fused-ring (bicyclic) bond motifs is 3. The van der Waals surface area contributed by atoms with Gasteiger partial charge < -0.3 is 15.2 Å². The van der Waals surface area contributed by atoms with Gasteiger partial charge in [-0.05, 0) is 29.2 Å². The van der Waals surface area contributed by atoms with E-state index in [9.17, 15) is 14.4 Å². The SMILES string of the molecule is CC(NC(=O)OCC1c2ccccc2-c2ccccc21)C(C)C(=O)NOCC(=O)O. The summed E-state index contributed by atoms with van der Waals surface area (Å²) < 4.78 is 5.46. The molecule has 0 radical (unpaired) electrons. The molecular weight excluding hydrogens is 388 g/mol. The van der Waals surface area contributed by atoms with Crippen LogP contribution >= 0.6 is 0 Å². The number of ether oxygens (including phenoxy) is 1. The van der Waals surface area contributed by atoms with E-state index >= 15 is 0 Å². The first kappa shape index (κ1) is 21.3. The van der Waals surface area contributed by atoms with E-state index in [1.54, 1.807) is 13.8 Å². The van der Waals surface area contributed by atoms with Crippen molar-refractivity contribution in [3.05, 3.63) is 59.7 Å². The van der Waals surface area contributed by atoms with E-state index in [2.05, 4.69) is 27.8 Å². The summed E-state index contributed by atoms with van der Waals surface area (Å²) in [5.74, 6) is -2.45. The third-order valence-corrected chi connectivity index (χ3v) is 5.22. The van der Waals surface area contributed by atoms with Crippen LogP contribution in [0.4, 0.5) is 4.79 Å². The Hall–Kier alpha value is -3.39. The summed E-state index contributed by atoms with van der Waals surface area (Å²) in [5, 5.41) is 11.2. The third-order valence-electron chi connectivity index (χ3n) is 5.22. The molecule has 0 fully saturated rings. The van der Waals surface area contributed by atoms with Crippen LogP contribution in [0.3, 0.4) is 0 Å². The van der Waals surface area contributed by atoms with Gasteiger partial charge in [0.15, 0.2) is 6.61 Å². The van der Waals surface area contributed by atoms with Gasteiger partial charge in [0.2, 0.25) is 5.91 Å². The molecule has 0 aliphatic heterocycles. The molecule has 0 aromatic heterocycles. The molecule has 8 nitrogen and oxygen atoms in total. The van der Waals surface area contributed by atoms with Crippen LogP contribution in [-0.4, -0.2) is 42.3 Å². The minimum Gasteiger partial charge on any atom is -0.479 e. The molecule has 2 aromatic carbocycles. The summed E-state index contributed by atoms with van der Waals surface area (Å²) in [6.07, 6.45) is -0.629. The molecule has 8 heteroatoms. The molecule has 3 N–H and O–H groups in total. The number of carboxylic acids is 1. The lowest BCUT2D eigenvalue weighted by Crippen LogP contribution is -2.44. The van der Waals surface area contributed by atoms with E-state index in [4.69, 9.17) is 9.84 Å². The number of carbonyl (C=O) groups excluding carboxylic acids is 2. The number of alkyl carbamates (subject to hydrolysis) is 1. The number of carbonyl (C=O) groups is 3. The lowest BCUT2D eigenvalue weighted by molar-refractivity contribution is -0.150. The van der Waals surface area contributed by atoms with Gasteiger partial charge in [0.25, 0.3) is 0 Å². The molecular formula is C22H24N2O6. The topological polar surface area (TPSA) is 114 Å². The van der Waals surface area contributed by atoms with Crippen molar-refractivity contribution in [3.8, 4) is 11.1 Å². The van der Waals surface area contributed by atoms with Crippen molar-refractivity contribution >= 4 is 18.0 Å². The van der Waals surface area contributed by atoms with E-state index in [1.807, 2.05) is 36.4 Å². The quantitative estimate of drug-likeness (QED) is 0.575. The zero-order valence-electron chi connectivity index (χ0n) is 16.8. The van der Waals surface area contributed by atoms with E-state index < -0.39 is 36.5 Å². The molecule has 2 amide bonds. The third kappa shape index (κ3) is 4.77. The van der Waals surface area contributed by atoms with Gasteiger partial charge in [-0.2, -0.15) is 0 Å².